The van der Waals surface area contributed by atoms with Crippen LogP contribution in [0, 0.1) is 0 Å². The Balaban J connectivity index is 2.23. The van der Waals surface area contributed by atoms with Crippen molar-refractivity contribution in [2.24, 2.45) is 0 Å². The molecule has 4 nitrogen and oxygen atoms in total. The van der Waals surface area contributed by atoms with Gasteiger partial charge in [0.1, 0.15) is 5.75 Å². The predicted octanol–water partition coefficient (Wildman–Crippen LogP) is 3.94. The minimum atomic E-state index is 0.225. The van der Waals surface area contributed by atoms with E-state index in [-0.39, 0.29) is 6.04 Å². The summed E-state index contributed by atoms with van der Waals surface area (Å²) in [5.74, 6) is 1.24. The monoisotopic (exact) mass is 369 g/mol. The zero-order valence-electron chi connectivity index (χ0n) is 12.7. The predicted molar refractivity (Wildman–Crippen MR) is 90.2 cm³/mol. The number of nitrogens with one attached hydrogen (secondary N) is 1. The van der Waals surface area contributed by atoms with Crippen molar-refractivity contribution in [1.29, 1.82) is 0 Å². The molecular weight excluding hydrogens is 350 g/mol. The van der Waals surface area contributed by atoms with Crippen LogP contribution in [0.15, 0.2) is 22.7 Å². The van der Waals surface area contributed by atoms with E-state index in [1.807, 2.05) is 13.1 Å². The minimum Gasteiger partial charge on any atom is -0.496 e. The first-order valence-electron chi connectivity index (χ1n) is 6.88. The lowest BCUT2D eigenvalue weighted by Crippen LogP contribution is -2.19. The van der Waals surface area contributed by atoms with Crippen molar-refractivity contribution in [1.82, 2.24) is 14.9 Å². The van der Waals surface area contributed by atoms with Crippen LogP contribution in [0.1, 0.15) is 41.9 Å². The van der Waals surface area contributed by atoms with Gasteiger partial charge in [0.25, 0.3) is 0 Å². The fraction of sp³-hybridized carbons (Fsp3) is 0.467. The molecular formula is C15H20BrN3OS. The van der Waals surface area contributed by atoms with Gasteiger partial charge in [-0.25, -0.2) is 0 Å². The molecule has 0 radical (unpaired) electrons. The lowest BCUT2D eigenvalue weighted by atomic mass is 10.0. The molecule has 21 heavy (non-hydrogen) atoms. The Morgan fingerprint density at radius 3 is 2.71 bits per heavy atom. The number of aromatic nitrogens is 2. The van der Waals surface area contributed by atoms with E-state index in [0.29, 0.717) is 5.92 Å². The van der Waals surface area contributed by atoms with Gasteiger partial charge >= 0.3 is 0 Å². The third-order valence-corrected chi connectivity index (χ3v) is 4.88. The van der Waals surface area contributed by atoms with Crippen LogP contribution in [0.4, 0.5) is 0 Å². The Kier molecular flexibility index (Phi) is 5.72. The summed E-state index contributed by atoms with van der Waals surface area (Å²) in [6.45, 7) is 4.30. The average Bonchev–Trinajstić information content (AvgIpc) is 2.94. The summed E-state index contributed by atoms with van der Waals surface area (Å²) in [6.07, 6.45) is 0.892. The van der Waals surface area contributed by atoms with Crippen LogP contribution < -0.4 is 10.1 Å². The standard InChI is InChI=1S/C15H20BrN3OS/c1-9(2)14-15(21-19-18-14)12(17-3)8-10-5-6-13(20-4)11(16)7-10/h5-7,9,12,17H,8H2,1-4H3. The molecule has 1 atom stereocenters. The highest BCUT2D eigenvalue weighted by Gasteiger charge is 2.20. The maximum absolute atomic E-state index is 5.27. The zero-order valence-corrected chi connectivity index (χ0v) is 15.1. The van der Waals surface area contributed by atoms with E-state index in [4.69, 9.17) is 4.74 Å². The smallest absolute Gasteiger partial charge is 0.133 e. The third kappa shape index (κ3) is 3.81. The fourth-order valence-electron chi connectivity index (χ4n) is 2.24. The number of halogens is 1. The molecule has 0 saturated heterocycles. The summed E-state index contributed by atoms with van der Waals surface area (Å²) in [5.41, 5.74) is 2.33. The van der Waals surface area contributed by atoms with Gasteiger partial charge in [-0.05, 0) is 64.5 Å². The average molecular weight is 370 g/mol. The molecule has 0 fully saturated rings. The van der Waals surface area contributed by atoms with Gasteiger partial charge in [0.05, 0.1) is 22.2 Å². The van der Waals surface area contributed by atoms with E-state index in [9.17, 15) is 0 Å². The van der Waals surface area contributed by atoms with Crippen molar-refractivity contribution < 1.29 is 4.74 Å². The molecule has 0 aliphatic heterocycles. The zero-order chi connectivity index (χ0) is 15.4. The van der Waals surface area contributed by atoms with Crippen LogP contribution in [0.2, 0.25) is 0 Å². The van der Waals surface area contributed by atoms with Crippen LogP contribution >= 0.6 is 27.5 Å². The van der Waals surface area contributed by atoms with Gasteiger partial charge < -0.3 is 10.1 Å². The first kappa shape index (κ1) is 16.4. The Morgan fingerprint density at radius 2 is 2.14 bits per heavy atom. The molecule has 6 heteroatoms. The molecule has 1 heterocycles. The van der Waals surface area contributed by atoms with Crippen molar-refractivity contribution in [3.8, 4) is 5.75 Å². The number of benzene rings is 1. The molecule has 0 saturated carbocycles. The van der Waals surface area contributed by atoms with Crippen molar-refractivity contribution >= 4 is 27.5 Å². The number of hydrogen-bond donors (Lipinski definition) is 1. The van der Waals surface area contributed by atoms with E-state index >= 15 is 0 Å². The second kappa shape index (κ2) is 7.33. The Hall–Kier alpha value is -0.980. The molecule has 0 bridgehead atoms. The van der Waals surface area contributed by atoms with E-state index in [2.05, 4.69) is 56.8 Å². The van der Waals surface area contributed by atoms with Crippen LogP contribution in [-0.2, 0) is 6.42 Å². The number of likely N-dealkylation sites (N-methyl/N-ethyl adjacent to an activating group) is 1. The van der Waals surface area contributed by atoms with Crippen molar-refractivity contribution in [2.45, 2.75) is 32.2 Å². The van der Waals surface area contributed by atoms with Crippen molar-refractivity contribution in [3.05, 3.63) is 38.8 Å². The molecule has 1 aromatic carbocycles. The summed E-state index contributed by atoms with van der Waals surface area (Å²) in [4.78, 5) is 1.22. The summed E-state index contributed by atoms with van der Waals surface area (Å²) < 4.78 is 10.4. The van der Waals surface area contributed by atoms with Gasteiger partial charge in [-0.3, -0.25) is 0 Å². The SMILES string of the molecule is CNC(Cc1ccc(OC)c(Br)c1)c1snnc1C(C)C. The first-order chi connectivity index (χ1) is 10.1. The molecule has 114 valence electrons. The Labute approximate surface area is 138 Å². The lowest BCUT2D eigenvalue weighted by molar-refractivity contribution is 0.412. The van der Waals surface area contributed by atoms with Crippen LogP contribution in [0.5, 0.6) is 5.75 Å². The van der Waals surface area contributed by atoms with Gasteiger partial charge in [0.15, 0.2) is 0 Å². The highest BCUT2D eigenvalue weighted by molar-refractivity contribution is 9.10. The molecule has 2 rings (SSSR count). The van der Waals surface area contributed by atoms with E-state index in [0.717, 1.165) is 22.3 Å². The van der Waals surface area contributed by atoms with Crippen LogP contribution in [0.25, 0.3) is 0 Å². The van der Waals surface area contributed by atoms with Gasteiger partial charge in [-0.15, -0.1) is 5.10 Å². The number of rotatable bonds is 6. The van der Waals surface area contributed by atoms with Crippen molar-refractivity contribution in [2.75, 3.05) is 14.2 Å². The summed E-state index contributed by atoms with van der Waals surface area (Å²) >= 11 is 5.02. The Bertz CT molecular complexity index is 600. The largest absolute Gasteiger partial charge is 0.496 e. The molecule has 1 unspecified atom stereocenters. The summed E-state index contributed by atoms with van der Waals surface area (Å²) in [7, 11) is 3.65. The molecule has 1 aromatic heterocycles. The van der Waals surface area contributed by atoms with Crippen molar-refractivity contribution in [3.63, 3.8) is 0 Å². The van der Waals surface area contributed by atoms with Gasteiger partial charge in [0.2, 0.25) is 0 Å². The number of hydrogen-bond acceptors (Lipinski definition) is 5. The fourth-order valence-corrected chi connectivity index (χ4v) is 3.75. The Morgan fingerprint density at radius 1 is 1.38 bits per heavy atom. The highest BCUT2D eigenvalue weighted by atomic mass is 79.9. The van der Waals surface area contributed by atoms with E-state index < -0.39 is 0 Å². The van der Waals surface area contributed by atoms with E-state index in [1.54, 1.807) is 7.11 Å². The van der Waals surface area contributed by atoms with Gasteiger partial charge in [-0.1, -0.05) is 24.4 Å². The maximum Gasteiger partial charge on any atom is 0.133 e. The minimum absolute atomic E-state index is 0.225. The molecule has 0 aliphatic carbocycles. The second-order valence-electron chi connectivity index (χ2n) is 5.19. The topological polar surface area (TPSA) is 47.0 Å². The number of ether oxygens (including phenoxy) is 1. The number of nitrogens with zero attached hydrogens (tertiary/aromatic N) is 2. The maximum atomic E-state index is 5.27. The molecule has 1 N–H and O–H groups in total. The highest BCUT2D eigenvalue weighted by Crippen LogP contribution is 2.31. The van der Waals surface area contributed by atoms with Crippen LogP contribution in [0.3, 0.4) is 0 Å². The van der Waals surface area contributed by atoms with E-state index in [1.165, 1.54) is 22.0 Å². The molecule has 2 aromatic rings. The number of methoxy groups -OCH3 is 1. The normalized spacial score (nSPS) is 12.7. The second-order valence-corrected chi connectivity index (χ2v) is 6.83. The summed E-state index contributed by atoms with van der Waals surface area (Å²) in [6, 6.07) is 6.41. The molecule has 0 aliphatic rings. The third-order valence-electron chi connectivity index (χ3n) is 3.41. The first-order valence-corrected chi connectivity index (χ1v) is 8.45. The summed E-state index contributed by atoms with van der Waals surface area (Å²) in [5, 5.41) is 7.65. The molecule has 0 spiro atoms. The van der Waals surface area contributed by atoms with Gasteiger partial charge in [0, 0.05) is 6.04 Å². The van der Waals surface area contributed by atoms with Gasteiger partial charge in [-0.2, -0.15) is 0 Å². The lowest BCUT2D eigenvalue weighted by Gasteiger charge is -2.17. The quantitative estimate of drug-likeness (QED) is 0.837. The molecule has 0 amide bonds. The van der Waals surface area contributed by atoms with Crippen LogP contribution in [-0.4, -0.2) is 23.7 Å².